The smallest absolute Gasteiger partial charge is 0.301 e. The van der Waals surface area contributed by atoms with E-state index in [0.29, 0.717) is 50.8 Å². The average molecular weight is 676 g/mol. The highest BCUT2D eigenvalue weighted by atomic mass is 35.5. The number of hydrogen-bond donors (Lipinski definition) is 1. The number of fused-ring (bicyclic) bond motifs is 1. The number of hydrogen-bond acceptors (Lipinski definition) is 10. The molecule has 6 rings (SSSR count). The summed E-state index contributed by atoms with van der Waals surface area (Å²) in [5, 5.41) is 21.2. The zero-order valence-corrected chi connectivity index (χ0v) is 27.5. The summed E-state index contributed by atoms with van der Waals surface area (Å²) in [6, 6.07) is 16.9. The van der Waals surface area contributed by atoms with E-state index in [-0.39, 0.29) is 29.2 Å². The van der Waals surface area contributed by atoms with Gasteiger partial charge in [0.05, 0.1) is 18.2 Å². The van der Waals surface area contributed by atoms with E-state index in [1.54, 1.807) is 42.5 Å². The van der Waals surface area contributed by atoms with Crippen LogP contribution in [-0.2, 0) is 21.8 Å². The molecule has 0 unspecified atom stereocenters. The molecule has 0 bridgehead atoms. The number of ether oxygens (including phenoxy) is 3. The molecule has 3 aromatic carbocycles. The van der Waals surface area contributed by atoms with Crippen LogP contribution >= 0.6 is 34.7 Å². The highest BCUT2D eigenvalue weighted by Gasteiger charge is 2.48. The molecule has 2 aliphatic rings. The Balaban J connectivity index is 1.43. The van der Waals surface area contributed by atoms with Gasteiger partial charge in [-0.25, -0.2) is 0 Å². The van der Waals surface area contributed by atoms with Gasteiger partial charge in [-0.2, -0.15) is 0 Å². The van der Waals surface area contributed by atoms with E-state index in [2.05, 4.69) is 16.8 Å². The molecule has 0 saturated carbocycles. The number of thioether (sulfide) groups is 1. The minimum Gasteiger partial charge on any atom is -0.507 e. The zero-order valence-electron chi connectivity index (χ0n) is 25.1. The maximum atomic E-state index is 13.8. The average Bonchev–Trinajstić information content (AvgIpc) is 3.74. The summed E-state index contributed by atoms with van der Waals surface area (Å²) in [4.78, 5) is 28.9. The van der Waals surface area contributed by atoms with Crippen LogP contribution in [0.3, 0.4) is 0 Å². The van der Waals surface area contributed by atoms with E-state index in [1.165, 1.54) is 28.0 Å². The highest BCUT2D eigenvalue weighted by Crippen LogP contribution is 2.46. The normalized spacial score (nSPS) is 18.4. The molecule has 0 radical (unpaired) electrons. The van der Waals surface area contributed by atoms with E-state index in [0.717, 1.165) is 16.9 Å². The number of amides is 1. The van der Waals surface area contributed by atoms with E-state index >= 15 is 0 Å². The number of halogens is 1. The van der Waals surface area contributed by atoms with Crippen LogP contribution in [0.25, 0.3) is 5.76 Å². The topological polar surface area (TPSA) is 111 Å². The number of anilines is 1. The first-order valence-electron chi connectivity index (χ1n) is 14.6. The molecule has 0 aliphatic carbocycles. The summed E-state index contributed by atoms with van der Waals surface area (Å²) in [6.07, 6.45) is 2.29. The number of nitrogens with zero attached hydrogens (tertiary/aromatic N) is 3. The number of Topliss-reactive ketones (excluding diaryl/α,β-unsaturated/α-hetero) is 1. The van der Waals surface area contributed by atoms with Crippen LogP contribution < -0.4 is 19.1 Å². The van der Waals surface area contributed by atoms with Gasteiger partial charge in [-0.3, -0.25) is 14.5 Å². The van der Waals surface area contributed by atoms with Gasteiger partial charge in [0.25, 0.3) is 5.78 Å². The van der Waals surface area contributed by atoms with Crippen molar-refractivity contribution in [2.45, 2.75) is 42.5 Å². The van der Waals surface area contributed by atoms with Crippen molar-refractivity contribution in [2.24, 2.45) is 0 Å². The highest BCUT2D eigenvalue weighted by molar-refractivity contribution is 8.00. The van der Waals surface area contributed by atoms with Gasteiger partial charge < -0.3 is 19.3 Å². The zero-order chi connectivity index (χ0) is 32.4. The van der Waals surface area contributed by atoms with Crippen molar-refractivity contribution in [3.63, 3.8) is 0 Å². The predicted octanol–water partition coefficient (Wildman–Crippen LogP) is 7.40. The van der Waals surface area contributed by atoms with Crippen molar-refractivity contribution >= 4 is 57.3 Å². The second kappa shape index (κ2) is 13.6. The number of carbonyl (C=O) groups is 2. The molecule has 1 saturated heterocycles. The Kier molecular flexibility index (Phi) is 9.34. The molecule has 236 valence electrons. The molecule has 2 aliphatic heterocycles. The van der Waals surface area contributed by atoms with Gasteiger partial charge in [0.2, 0.25) is 5.13 Å². The number of rotatable bonds is 11. The van der Waals surface area contributed by atoms with Crippen molar-refractivity contribution in [1.82, 2.24) is 10.2 Å². The lowest BCUT2D eigenvalue weighted by molar-refractivity contribution is -0.132. The van der Waals surface area contributed by atoms with Crippen LogP contribution in [0, 0.1) is 0 Å². The second-order valence-corrected chi connectivity index (χ2v) is 13.2. The summed E-state index contributed by atoms with van der Waals surface area (Å²) in [7, 11) is 0. The summed E-state index contributed by atoms with van der Waals surface area (Å²) in [6.45, 7) is 8.13. The van der Waals surface area contributed by atoms with E-state index < -0.39 is 17.7 Å². The first kappa shape index (κ1) is 31.7. The Morgan fingerprint density at radius 2 is 1.98 bits per heavy atom. The second-order valence-electron chi connectivity index (χ2n) is 10.6. The predicted molar refractivity (Wildman–Crippen MR) is 179 cm³/mol. The minimum atomic E-state index is -1.02. The summed E-state index contributed by atoms with van der Waals surface area (Å²) in [5.41, 5.74) is 2.70. The number of carbonyl (C=O) groups excluding carboxylic acids is 2. The summed E-state index contributed by atoms with van der Waals surface area (Å²) < 4.78 is 18.1. The van der Waals surface area contributed by atoms with Gasteiger partial charge in [-0.15, -0.1) is 10.2 Å². The summed E-state index contributed by atoms with van der Waals surface area (Å²) >= 11 is 8.93. The summed E-state index contributed by atoms with van der Waals surface area (Å²) in [5.74, 6) is 0.213. The van der Waals surface area contributed by atoms with E-state index in [9.17, 15) is 14.7 Å². The van der Waals surface area contributed by atoms with Gasteiger partial charge in [-0.05, 0) is 66.9 Å². The van der Waals surface area contributed by atoms with Gasteiger partial charge >= 0.3 is 5.91 Å². The number of benzene rings is 3. The van der Waals surface area contributed by atoms with Crippen molar-refractivity contribution < 1.29 is 28.9 Å². The third kappa shape index (κ3) is 6.22. The minimum absolute atomic E-state index is 0.000768. The molecule has 1 amide bonds. The Bertz CT molecular complexity index is 1860. The molecule has 1 aromatic heterocycles. The SMILES string of the molecule is C=CCOc1ccc([C@@H]2C(=C(O)c3ccc4c(c3)C[C@@H](C)O4)C(=O)C(=O)N2c2nnc(SCc3ccccc3Cl)s2)cc1OCC. The van der Waals surface area contributed by atoms with Crippen LogP contribution in [0.1, 0.15) is 42.1 Å². The fraction of sp³-hybridized carbons (Fsp3) is 0.235. The largest absolute Gasteiger partial charge is 0.507 e. The Hall–Kier alpha value is -4.32. The first-order chi connectivity index (χ1) is 22.3. The lowest BCUT2D eigenvalue weighted by Gasteiger charge is -2.23. The fourth-order valence-electron chi connectivity index (χ4n) is 5.41. The van der Waals surface area contributed by atoms with Crippen LogP contribution in [0.2, 0.25) is 5.02 Å². The maximum absolute atomic E-state index is 13.8. The third-order valence-corrected chi connectivity index (χ3v) is 9.94. The van der Waals surface area contributed by atoms with E-state index in [1.807, 2.05) is 38.1 Å². The molecule has 1 N–H and O–H groups in total. The maximum Gasteiger partial charge on any atom is 0.301 e. The number of aromatic nitrogens is 2. The molecule has 9 nitrogen and oxygen atoms in total. The van der Waals surface area contributed by atoms with Gasteiger partial charge in [0.1, 0.15) is 24.2 Å². The number of aliphatic hydroxyl groups excluding tert-OH is 1. The third-order valence-electron chi connectivity index (χ3n) is 7.46. The van der Waals surface area contributed by atoms with Gasteiger partial charge in [-0.1, -0.05) is 71.6 Å². The number of aliphatic hydroxyl groups is 1. The molecular weight excluding hydrogens is 646 g/mol. The fourth-order valence-corrected chi connectivity index (χ4v) is 7.57. The lowest BCUT2D eigenvalue weighted by Crippen LogP contribution is -2.29. The van der Waals surface area contributed by atoms with Crippen molar-refractivity contribution in [1.29, 1.82) is 0 Å². The van der Waals surface area contributed by atoms with Gasteiger partial charge in [0.15, 0.2) is 15.8 Å². The monoisotopic (exact) mass is 675 g/mol. The molecule has 3 heterocycles. The van der Waals surface area contributed by atoms with E-state index in [4.69, 9.17) is 25.8 Å². The standard InChI is InChI=1S/C34H30ClN3O6S2/c1-4-14-43-26-13-10-20(17-27(26)42-5-2)29-28(30(39)21-11-12-25-23(16-21)15-19(3)44-25)31(40)32(41)38(29)33-36-37-34(46-33)45-18-22-8-6-7-9-24(22)35/h4,6-13,16-17,19,29,39H,1,5,14-15,18H2,2-3H3/t19-,29-/m1/s1. The van der Waals surface area contributed by atoms with Crippen LogP contribution in [0.5, 0.6) is 17.2 Å². The molecule has 46 heavy (non-hydrogen) atoms. The molecule has 12 heteroatoms. The van der Waals surface area contributed by atoms with Crippen molar-refractivity contribution in [2.75, 3.05) is 18.1 Å². The number of ketones is 1. The Morgan fingerprint density at radius 3 is 2.76 bits per heavy atom. The Morgan fingerprint density at radius 1 is 1.15 bits per heavy atom. The molecular formula is C34H30ClN3O6S2. The first-order valence-corrected chi connectivity index (χ1v) is 16.8. The molecule has 4 aromatic rings. The molecule has 1 fully saturated rings. The molecule has 2 atom stereocenters. The van der Waals surface area contributed by atoms with Crippen LogP contribution in [0.15, 0.2) is 83.2 Å². The Labute approximate surface area is 279 Å². The lowest BCUT2D eigenvalue weighted by atomic mass is 9.94. The van der Waals surface area contributed by atoms with Crippen molar-refractivity contribution in [3.8, 4) is 17.2 Å². The van der Waals surface area contributed by atoms with Crippen LogP contribution in [-0.4, -0.2) is 46.3 Å². The van der Waals surface area contributed by atoms with Crippen LogP contribution in [0.4, 0.5) is 5.13 Å². The van der Waals surface area contributed by atoms with Crippen molar-refractivity contribution in [3.05, 3.63) is 106 Å². The molecule has 0 spiro atoms. The van der Waals surface area contributed by atoms with Gasteiger partial charge in [0, 0.05) is 22.8 Å². The quantitative estimate of drug-likeness (QED) is 0.0434.